The van der Waals surface area contributed by atoms with E-state index in [9.17, 15) is 0 Å². The van der Waals surface area contributed by atoms with Gasteiger partial charge >= 0.3 is 367 Å². The predicted molar refractivity (Wildman–Crippen MR) is 256 cm³/mol. The monoisotopic (exact) mass is 1240 g/mol. The second-order valence-electron chi connectivity index (χ2n) is 14.1. The van der Waals surface area contributed by atoms with Gasteiger partial charge in [-0.2, -0.15) is 0 Å². The third kappa shape index (κ3) is 5.13. The molecule has 0 aliphatic rings. The molecule has 0 unspecified atom stereocenters. The molecule has 0 N–H and O–H groups in total. The minimum absolute atomic E-state index is 0.579. The molecule has 4 heterocycles. The maximum absolute atomic E-state index is 2.39. The van der Waals surface area contributed by atoms with E-state index < -0.39 is 0 Å². The van der Waals surface area contributed by atoms with E-state index in [1.165, 1.54) is 86.2 Å². The van der Waals surface area contributed by atoms with E-state index >= 15 is 0 Å². The summed E-state index contributed by atoms with van der Waals surface area (Å²) in [5, 5.41) is 24.0. The quantitative estimate of drug-likeness (QED) is 0.105. The number of benzene rings is 8. The van der Waals surface area contributed by atoms with Crippen LogP contribution in [-0.2, 0) is 0 Å². The van der Waals surface area contributed by atoms with Crippen molar-refractivity contribution in [2.45, 2.75) is 0 Å². The molecular weight excluding hydrogens is 1210 g/mol. The first-order valence-corrected chi connectivity index (χ1v) is 42.4. The van der Waals surface area contributed by atoms with Crippen molar-refractivity contribution in [3.05, 3.63) is 146 Å². The summed E-state index contributed by atoms with van der Waals surface area (Å²) in [6.45, 7) is 0. The topological polar surface area (TPSA) is 0 Å². The van der Waals surface area contributed by atoms with Crippen molar-refractivity contribution in [1.82, 2.24) is 0 Å². The summed E-state index contributed by atoms with van der Waals surface area (Å²) in [5.74, 6) is 0. The summed E-state index contributed by atoms with van der Waals surface area (Å²) in [4.78, 5) is 0. The van der Waals surface area contributed by atoms with Gasteiger partial charge in [0, 0.05) is 0 Å². The number of fused-ring (bicyclic) bond motifs is 4. The normalized spacial score (nSPS) is 12.3. The average molecular weight is 1230 g/mol. The Morgan fingerprint density at radius 1 is 0.161 bits per heavy atom. The maximum atomic E-state index is 2.39. The van der Waals surface area contributed by atoms with Crippen molar-refractivity contribution < 1.29 is 0 Å². The van der Waals surface area contributed by atoms with Crippen molar-refractivity contribution in [2.75, 3.05) is 0 Å². The van der Waals surface area contributed by atoms with E-state index in [1.54, 1.807) is 34.1 Å². The Morgan fingerprint density at radius 2 is 0.286 bits per heavy atom. The van der Waals surface area contributed by atoms with Crippen molar-refractivity contribution in [2.24, 2.45) is 0 Å². The molecule has 0 saturated carbocycles. The molecule has 14 aromatic rings. The summed E-state index contributed by atoms with van der Waals surface area (Å²) >= 11 is 4.63. The molecule has 264 valence electrons. The summed E-state index contributed by atoms with van der Waals surface area (Å²) in [6.07, 6.45) is 0. The fourth-order valence-electron chi connectivity index (χ4n) is 9.02. The Kier molecular flexibility index (Phi) is 8.52. The average Bonchev–Trinajstić information content (AvgIpc) is 3.26. The van der Waals surface area contributed by atoms with E-state index in [-0.39, 0.29) is 0 Å². The summed E-state index contributed by atoms with van der Waals surface area (Å²) in [7, 11) is 0. The van der Waals surface area contributed by atoms with Gasteiger partial charge in [0.25, 0.3) is 0 Å². The third-order valence-electron chi connectivity index (χ3n) is 11.3. The van der Waals surface area contributed by atoms with Crippen LogP contribution in [0.25, 0.3) is 120 Å². The predicted octanol–water partition coefficient (Wildman–Crippen LogP) is 10.8. The summed E-state index contributed by atoms with van der Waals surface area (Å²) < 4.78 is 12.8. The van der Waals surface area contributed by atoms with E-state index in [0.29, 0.717) is 101 Å². The van der Waals surface area contributed by atoms with Gasteiger partial charge in [-0.3, -0.25) is 0 Å². The van der Waals surface area contributed by atoms with Gasteiger partial charge in [0.2, 0.25) is 0 Å². The molecule has 0 amide bonds. The molecule has 8 heteroatoms. The van der Waals surface area contributed by atoms with Crippen molar-refractivity contribution in [3.8, 4) is 0 Å². The van der Waals surface area contributed by atoms with Crippen molar-refractivity contribution in [3.63, 3.8) is 0 Å². The Labute approximate surface area is 362 Å². The van der Waals surface area contributed by atoms with Gasteiger partial charge in [0.15, 0.2) is 0 Å². The molecule has 0 spiro atoms. The SMILES string of the molecule is c1cc2[se][se]c3cccc4c5cccc6[se][se]c7cccc(c(c1)c2c34)c7c65.c1cc2[se][se]c3cccc4c5cccc6[se][se]c7cccc(c(c1)c2c34)c7c65. The molecular formula is C48H24Se8. The first kappa shape index (κ1) is 34.7. The van der Waals surface area contributed by atoms with E-state index in [4.69, 9.17) is 0 Å². The zero-order valence-corrected chi connectivity index (χ0v) is 42.8. The second-order valence-corrected chi connectivity index (χ2v) is 38.8. The minimum atomic E-state index is 0.579. The van der Waals surface area contributed by atoms with Gasteiger partial charge in [0.1, 0.15) is 0 Å². The summed E-state index contributed by atoms with van der Waals surface area (Å²) in [5.41, 5.74) is 0. The molecule has 4 aromatic heterocycles. The molecule has 0 aliphatic carbocycles. The molecule has 0 nitrogen and oxygen atoms in total. The third-order valence-corrected chi connectivity index (χ3v) is 40.0. The van der Waals surface area contributed by atoms with Gasteiger partial charge in [-0.1, -0.05) is 0 Å². The Balaban J connectivity index is 0.000000118. The van der Waals surface area contributed by atoms with Crippen LogP contribution in [0.3, 0.4) is 0 Å². The van der Waals surface area contributed by atoms with Gasteiger partial charge in [-0.25, -0.2) is 0 Å². The Bertz CT molecular complexity index is 3180. The van der Waals surface area contributed by atoms with Gasteiger partial charge in [-0.05, 0) is 0 Å². The van der Waals surface area contributed by atoms with Crippen molar-refractivity contribution in [1.29, 1.82) is 0 Å². The molecule has 0 atom stereocenters. The molecule has 0 fully saturated rings. The molecule has 56 heavy (non-hydrogen) atoms. The van der Waals surface area contributed by atoms with Crippen LogP contribution in [0, 0.1) is 0 Å². The van der Waals surface area contributed by atoms with Crippen LogP contribution < -0.4 is 0 Å². The van der Waals surface area contributed by atoms with E-state index in [0.717, 1.165) is 0 Å². The molecule has 14 rings (SSSR count). The van der Waals surface area contributed by atoms with Crippen LogP contribution in [0.2, 0.25) is 0 Å². The van der Waals surface area contributed by atoms with E-state index in [1.807, 2.05) is 0 Å². The Hall–Kier alpha value is -2.08. The fraction of sp³-hybridized carbons (Fsp3) is 0. The standard InChI is InChI=1S/2C24H12Se4/c2*1-5-13-14-6-2-10-18-22(14)24-16(8-4-12-20(24)28-27-18)15-7-3-11-19-23(15)21(13)17(9-1)25-26-19/h2*1-12H. The molecule has 0 bridgehead atoms. The van der Waals surface area contributed by atoms with Gasteiger partial charge in [-0.15, -0.1) is 0 Å². The second kappa shape index (κ2) is 13.7. The zero-order chi connectivity index (χ0) is 36.5. The number of rotatable bonds is 0. The van der Waals surface area contributed by atoms with E-state index in [2.05, 4.69) is 146 Å². The summed E-state index contributed by atoms with van der Waals surface area (Å²) in [6, 6.07) is 56.5. The Morgan fingerprint density at radius 3 is 0.411 bits per heavy atom. The first-order chi connectivity index (χ1) is 27.8. The molecule has 0 saturated heterocycles. The number of hydrogen-bond acceptors (Lipinski definition) is 0. The van der Waals surface area contributed by atoms with Crippen LogP contribution in [0.1, 0.15) is 0 Å². The van der Waals surface area contributed by atoms with Crippen LogP contribution in [-0.4, -0.2) is 101 Å². The first-order valence-electron chi connectivity index (χ1n) is 18.3. The van der Waals surface area contributed by atoms with Crippen LogP contribution in [0.15, 0.2) is 146 Å². The van der Waals surface area contributed by atoms with Crippen LogP contribution in [0.4, 0.5) is 0 Å². The fourth-order valence-corrected chi connectivity index (χ4v) is 37.7. The number of hydrogen-bond donors (Lipinski definition) is 0. The van der Waals surface area contributed by atoms with Crippen LogP contribution in [0.5, 0.6) is 0 Å². The van der Waals surface area contributed by atoms with Gasteiger partial charge < -0.3 is 0 Å². The molecule has 0 radical (unpaired) electrons. The van der Waals surface area contributed by atoms with Crippen LogP contribution >= 0.6 is 0 Å². The van der Waals surface area contributed by atoms with Gasteiger partial charge in [0.05, 0.1) is 0 Å². The molecule has 10 aromatic carbocycles. The molecule has 0 aliphatic heterocycles. The van der Waals surface area contributed by atoms with Crippen molar-refractivity contribution >= 4 is 221 Å². The zero-order valence-electron chi connectivity index (χ0n) is 29.1.